The molecule has 1 aromatic heterocycles. The lowest BCUT2D eigenvalue weighted by Gasteiger charge is -2.43. The Hall–Kier alpha value is -0.890. The predicted molar refractivity (Wildman–Crippen MR) is 79.3 cm³/mol. The van der Waals surface area contributed by atoms with Crippen LogP contribution in [0.5, 0.6) is 0 Å². The summed E-state index contributed by atoms with van der Waals surface area (Å²) in [5.74, 6) is 1.28. The van der Waals surface area contributed by atoms with Gasteiger partial charge in [-0.2, -0.15) is 0 Å². The molecule has 2 atom stereocenters. The number of hydrogen-bond donors (Lipinski definition) is 1. The van der Waals surface area contributed by atoms with E-state index in [0.717, 1.165) is 0 Å². The Morgan fingerprint density at radius 3 is 3.05 bits per heavy atom. The summed E-state index contributed by atoms with van der Waals surface area (Å²) in [7, 11) is 0. The maximum atomic E-state index is 4.73. The van der Waals surface area contributed by atoms with Gasteiger partial charge in [-0.05, 0) is 49.8 Å². The normalized spacial score (nSPS) is 31.2. The first-order valence-corrected chi connectivity index (χ1v) is 7.93. The van der Waals surface area contributed by atoms with E-state index in [2.05, 4.69) is 31.3 Å². The zero-order valence-corrected chi connectivity index (χ0v) is 12.3. The van der Waals surface area contributed by atoms with E-state index in [-0.39, 0.29) is 5.54 Å². The molecule has 1 aliphatic heterocycles. The van der Waals surface area contributed by atoms with Crippen molar-refractivity contribution in [3.8, 4) is 0 Å². The zero-order valence-electron chi connectivity index (χ0n) is 12.3. The number of pyridine rings is 1. The summed E-state index contributed by atoms with van der Waals surface area (Å²) in [6, 6.07) is 4.36. The van der Waals surface area contributed by atoms with Gasteiger partial charge in [-0.25, -0.2) is 0 Å². The van der Waals surface area contributed by atoms with Gasteiger partial charge in [0.1, 0.15) is 0 Å². The van der Waals surface area contributed by atoms with Gasteiger partial charge in [0, 0.05) is 23.3 Å². The quantitative estimate of drug-likeness (QED) is 0.875. The third-order valence-corrected chi connectivity index (χ3v) is 5.33. The fourth-order valence-electron chi connectivity index (χ4n) is 4.24. The number of fused-ring (bicyclic) bond motifs is 1. The molecule has 0 bridgehead atoms. The second-order valence-electron chi connectivity index (χ2n) is 6.57. The summed E-state index contributed by atoms with van der Waals surface area (Å²) in [5.41, 5.74) is 3.14. The van der Waals surface area contributed by atoms with Crippen LogP contribution in [0.3, 0.4) is 0 Å². The van der Waals surface area contributed by atoms with Crippen molar-refractivity contribution in [2.24, 2.45) is 5.92 Å². The summed E-state index contributed by atoms with van der Waals surface area (Å²) in [4.78, 5) is 4.73. The summed E-state index contributed by atoms with van der Waals surface area (Å²) >= 11 is 0. The molecule has 1 saturated heterocycles. The molecule has 2 heterocycles. The average Bonchev–Trinajstić information content (AvgIpc) is 2.68. The molecule has 1 fully saturated rings. The molecule has 2 heteroatoms. The van der Waals surface area contributed by atoms with E-state index in [0.29, 0.717) is 11.8 Å². The van der Waals surface area contributed by atoms with Gasteiger partial charge < -0.3 is 5.32 Å². The van der Waals surface area contributed by atoms with Gasteiger partial charge >= 0.3 is 0 Å². The molecule has 2 nitrogen and oxygen atoms in total. The SMILES string of the molecule is CC(C)C1(C2CCc3cccnc32)CCCCCN1. The lowest BCUT2D eigenvalue weighted by Crippen LogP contribution is -2.53. The highest BCUT2D eigenvalue weighted by Crippen LogP contribution is 2.45. The Labute approximate surface area is 117 Å². The zero-order chi connectivity index (χ0) is 13.3. The second-order valence-corrected chi connectivity index (χ2v) is 6.57. The van der Waals surface area contributed by atoms with Crippen molar-refractivity contribution in [1.82, 2.24) is 10.3 Å². The van der Waals surface area contributed by atoms with Gasteiger partial charge in [0.05, 0.1) is 0 Å². The average molecular weight is 258 g/mol. The van der Waals surface area contributed by atoms with Crippen LogP contribution in [0.1, 0.15) is 63.1 Å². The first-order chi connectivity index (χ1) is 9.24. The molecule has 104 valence electrons. The van der Waals surface area contributed by atoms with Crippen LogP contribution in [0.25, 0.3) is 0 Å². The van der Waals surface area contributed by atoms with Gasteiger partial charge in [-0.1, -0.05) is 32.8 Å². The number of nitrogens with one attached hydrogen (secondary N) is 1. The summed E-state index contributed by atoms with van der Waals surface area (Å²) in [6.45, 7) is 5.95. The smallest absolute Gasteiger partial charge is 0.0485 e. The van der Waals surface area contributed by atoms with E-state index in [9.17, 15) is 0 Å². The van der Waals surface area contributed by atoms with Crippen LogP contribution in [-0.2, 0) is 6.42 Å². The number of aromatic nitrogens is 1. The molecule has 2 unspecified atom stereocenters. The Morgan fingerprint density at radius 2 is 2.21 bits per heavy atom. The van der Waals surface area contributed by atoms with Crippen LogP contribution in [0.4, 0.5) is 0 Å². The standard InChI is InChI=1S/C17H26N2/c1-13(2)17(10-4-3-5-12-19-17)15-9-8-14-7-6-11-18-16(14)15/h6-7,11,13,15,19H,3-5,8-10,12H2,1-2H3. The van der Waals surface area contributed by atoms with Crippen LogP contribution in [0.15, 0.2) is 18.3 Å². The molecule has 3 rings (SSSR count). The minimum Gasteiger partial charge on any atom is -0.310 e. The monoisotopic (exact) mass is 258 g/mol. The third-order valence-electron chi connectivity index (χ3n) is 5.33. The molecule has 0 saturated carbocycles. The fraction of sp³-hybridized carbons (Fsp3) is 0.706. The van der Waals surface area contributed by atoms with E-state index in [4.69, 9.17) is 4.98 Å². The van der Waals surface area contributed by atoms with Crippen molar-refractivity contribution in [3.05, 3.63) is 29.6 Å². The van der Waals surface area contributed by atoms with E-state index in [1.54, 1.807) is 0 Å². The van der Waals surface area contributed by atoms with Crippen molar-refractivity contribution in [2.45, 2.75) is 63.8 Å². The van der Waals surface area contributed by atoms with Crippen LogP contribution in [0, 0.1) is 5.92 Å². The number of nitrogens with zero attached hydrogens (tertiary/aromatic N) is 1. The van der Waals surface area contributed by atoms with Crippen LogP contribution >= 0.6 is 0 Å². The highest BCUT2D eigenvalue weighted by atomic mass is 15.0. The molecule has 0 amide bonds. The van der Waals surface area contributed by atoms with Gasteiger partial charge in [0.25, 0.3) is 0 Å². The number of rotatable bonds is 2. The molecule has 1 aromatic rings. The largest absolute Gasteiger partial charge is 0.310 e. The molecule has 19 heavy (non-hydrogen) atoms. The minimum absolute atomic E-state index is 0.274. The van der Waals surface area contributed by atoms with E-state index in [1.807, 2.05) is 6.20 Å². The van der Waals surface area contributed by atoms with Gasteiger partial charge in [0.2, 0.25) is 0 Å². The third kappa shape index (κ3) is 2.20. The summed E-state index contributed by atoms with van der Waals surface area (Å²) < 4.78 is 0. The van der Waals surface area contributed by atoms with Crippen LogP contribution in [0.2, 0.25) is 0 Å². The van der Waals surface area contributed by atoms with Gasteiger partial charge in [-0.15, -0.1) is 0 Å². The molecule has 1 aliphatic carbocycles. The van der Waals surface area contributed by atoms with Crippen molar-refractivity contribution >= 4 is 0 Å². The highest BCUT2D eigenvalue weighted by Gasteiger charge is 2.45. The Bertz CT molecular complexity index is 431. The van der Waals surface area contributed by atoms with E-state index in [1.165, 1.54) is 56.3 Å². The van der Waals surface area contributed by atoms with Gasteiger partial charge in [0.15, 0.2) is 0 Å². The summed E-state index contributed by atoms with van der Waals surface area (Å²) in [5, 5.41) is 3.94. The van der Waals surface area contributed by atoms with Crippen LogP contribution in [-0.4, -0.2) is 17.1 Å². The molecule has 2 aliphatic rings. The van der Waals surface area contributed by atoms with Crippen LogP contribution < -0.4 is 5.32 Å². The summed E-state index contributed by atoms with van der Waals surface area (Å²) in [6.07, 6.45) is 9.85. The topological polar surface area (TPSA) is 24.9 Å². The number of hydrogen-bond acceptors (Lipinski definition) is 2. The Balaban J connectivity index is 1.97. The van der Waals surface area contributed by atoms with Crippen molar-refractivity contribution in [3.63, 3.8) is 0 Å². The lowest BCUT2D eigenvalue weighted by atomic mass is 9.71. The lowest BCUT2D eigenvalue weighted by molar-refractivity contribution is 0.178. The molecule has 0 radical (unpaired) electrons. The van der Waals surface area contributed by atoms with E-state index >= 15 is 0 Å². The highest BCUT2D eigenvalue weighted by molar-refractivity contribution is 5.32. The van der Waals surface area contributed by atoms with Crippen molar-refractivity contribution in [2.75, 3.05) is 6.54 Å². The van der Waals surface area contributed by atoms with E-state index < -0.39 is 0 Å². The Morgan fingerprint density at radius 1 is 1.32 bits per heavy atom. The fourth-order valence-corrected chi connectivity index (χ4v) is 4.24. The van der Waals surface area contributed by atoms with Crippen molar-refractivity contribution < 1.29 is 0 Å². The maximum absolute atomic E-state index is 4.73. The first-order valence-electron chi connectivity index (χ1n) is 7.93. The molecule has 0 aromatic carbocycles. The minimum atomic E-state index is 0.274. The molecule has 0 spiro atoms. The molecular formula is C17H26N2. The number of aryl methyl sites for hydroxylation is 1. The predicted octanol–water partition coefficient (Wildman–Crippen LogP) is 3.67. The molecular weight excluding hydrogens is 232 g/mol. The second kappa shape index (κ2) is 5.24. The Kier molecular flexibility index (Phi) is 3.62. The van der Waals surface area contributed by atoms with Crippen molar-refractivity contribution in [1.29, 1.82) is 0 Å². The maximum Gasteiger partial charge on any atom is 0.0485 e. The van der Waals surface area contributed by atoms with Gasteiger partial charge in [-0.3, -0.25) is 4.98 Å². The molecule has 1 N–H and O–H groups in total. The first kappa shape index (κ1) is 13.1.